The molecule has 0 spiro atoms. The number of aliphatic carboxylic acids is 1. The number of carbonyl (C=O) groups is 1. The van der Waals surface area contributed by atoms with Gasteiger partial charge in [-0.2, -0.15) is 0 Å². The van der Waals surface area contributed by atoms with Crippen LogP contribution in [0, 0.1) is 6.92 Å². The molecule has 1 aromatic carbocycles. The Bertz CT molecular complexity index is 687. The second kappa shape index (κ2) is 5.92. The molecule has 0 aliphatic carbocycles. The van der Waals surface area contributed by atoms with Crippen molar-refractivity contribution in [1.29, 1.82) is 0 Å². The summed E-state index contributed by atoms with van der Waals surface area (Å²) in [6.45, 7) is 2.11. The lowest BCUT2D eigenvalue weighted by Gasteiger charge is -2.11. The van der Waals surface area contributed by atoms with Crippen molar-refractivity contribution in [2.75, 3.05) is 7.11 Å². The van der Waals surface area contributed by atoms with Gasteiger partial charge in [0, 0.05) is 17.5 Å². The van der Waals surface area contributed by atoms with Gasteiger partial charge in [-0.25, -0.2) is 0 Å². The molecule has 0 fully saturated rings. The Balaban J connectivity index is 2.50. The quantitative estimate of drug-likeness (QED) is 0.919. The van der Waals surface area contributed by atoms with Gasteiger partial charge in [-0.3, -0.25) is 14.2 Å². The maximum atomic E-state index is 11.9. The number of hydrogen-bond acceptors (Lipinski definition) is 4. The molecule has 1 heterocycles. The first kappa shape index (κ1) is 14.3. The van der Waals surface area contributed by atoms with Gasteiger partial charge in [-0.15, -0.1) is 0 Å². The zero-order valence-corrected chi connectivity index (χ0v) is 12.1. The van der Waals surface area contributed by atoms with E-state index in [1.807, 2.05) is 25.1 Å². The Hall–Kier alpha value is -2.08. The van der Waals surface area contributed by atoms with Crippen molar-refractivity contribution in [2.45, 2.75) is 19.9 Å². The number of ether oxygens (including phenoxy) is 1. The van der Waals surface area contributed by atoms with Crippen molar-refractivity contribution >= 4 is 17.3 Å². The predicted molar refractivity (Wildman–Crippen MR) is 77.6 cm³/mol. The van der Waals surface area contributed by atoms with Crippen LogP contribution in [-0.2, 0) is 11.3 Å². The molecule has 1 aromatic heterocycles. The average Bonchev–Trinajstić information content (AvgIpc) is 2.77. The van der Waals surface area contributed by atoms with Crippen LogP contribution in [0.3, 0.4) is 0 Å². The van der Waals surface area contributed by atoms with Crippen LogP contribution >= 0.6 is 11.3 Å². The molecule has 2 rings (SSSR count). The van der Waals surface area contributed by atoms with Crippen molar-refractivity contribution in [3.8, 4) is 17.0 Å². The second-order valence-electron chi connectivity index (χ2n) is 4.39. The van der Waals surface area contributed by atoms with Crippen molar-refractivity contribution in [3.05, 3.63) is 38.8 Å². The van der Waals surface area contributed by atoms with E-state index < -0.39 is 5.97 Å². The van der Waals surface area contributed by atoms with Crippen LogP contribution in [0.25, 0.3) is 11.3 Å². The van der Waals surface area contributed by atoms with Crippen molar-refractivity contribution in [3.63, 3.8) is 0 Å². The van der Waals surface area contributed by atoms with Gasteiger partial charge in [-0.05, 0) is 19.1 Å². The molecule has 106 valence electrons. The van der Waals surface area contributed by atoms with Crippen LogP contribution in [0.15, 0.2) is 28.4 Å². The third kappa shape index (κ3) is 2.91. The molecule has 1 N–H and O–H groups in total. The number of aryl methyl sites for hydroxylation is 1. The fourth-order valence-corrected chi connectivity index (χ4v) is 2.77. The largest absolute Gasteiger partial charge is 0.496 e. The molecule has 0 amide bonds. The predicted octanol–water partition coefficient (Wildman–Crippen LogP) is 2.37. The lowest BCUT2D eigenvalue weighted by molar-refractivity contribution is -0.137. The molecule has 2 aromatic rings. The summed E-state index contributed by atoms with van der Waals surface area (Å²) in [5.41, 5.74) is 2.54. The van der Waals surface area contributed by atoms with Crippen LogP contribution in [0.4, 0.5) is 0 Å². The fraction of sp³-hybridized carbons (Fsp3) is 0.286. The van der Waals surface area contributed by atoms with E-state index in [0.29, 0.717) is 11.4 Å². The SMILES string of the molecule is COc1ccc(C)cc1-c1csc(=O)n1CCC(=O)O. The maximum Gasteiger partial charge on any atom is 0.307 e. The molecule has 0 saturated carbocycles. The normalized spacial score (nSPS) is 10.5. The number of carboxylic acids is 1. The summed E-state index contributed by atoms with van der Waals surface area (Å²) in [5.74, 6) is -0.261. The molecular formula is C14H15NO4S. The van der Waals surface area contributed by atoms with Crippen LogP contribution < -0.4 is 9.61 Å². The van der Waals surface area contributed by atoms with Gasteiger partial charge in [0.05, 0.1) is 19.2 Å². The molecule has 0 radical (unpaired) electrons. The highest BCUT2D eigenvalue weighted by atomic mass is 32.1. The van der Waals surface area contributed by atoms with E-state index in [2.05, 4.69) is 0 Å². The number of rotatable bonds is 5. The molecule has 5 nitrogen and oxygen atoms in total. The van der Waals surface area contributed by atoms with Gasteiger partial charge >= 0.3 is 10.8 Å². The highest BCUT2D eigenvalue weighted by molar-refractivity contribution is 7.07. The van der Waals surface area contributed by atoms with Gasteiger partial charge < -0.3 is 9.84 Å². The fourth-order valence-electron chi connectivity index (χ4n) is 1.98. The van der Waals surface area contributed by atoms with Gasteiger partial charge in [0.25, 0.3) is 0 Å². The minimum Gasteiger partial charge on any atom is -0.496 e. The zero-order chi connectivity index (χ0) is 14.7. The standard InChI is InChI=1S/C14H15NO4S/c1-9-3-4-12(19-2)10(7-9)11-8-20-14(18)15(11)6-5-13(16)17/h3-4,7-8H,5-6H2,1-2H3,(H,16,17). The summed E-state index contributed by atoms with van der Waals surface area (Å²) in [6.07, 6.45) is -0.0855. The van der Waals surface area contributed by atoms with Crippen LogP contribution in [0.2, 0.25) is 0 Å². The Morgan fingerprint density at radius 1 is 1.45 bits per heavy atom. The van der Waals surface area contributed by atoms with Crippen molar-refractivity contribution in [2.24, 2.45) is 0 Å². The summed E-state index contributed by atoms with van der Waals surface area (Å²) >= 11 is 1.06. The first-order valence-electron chi connectivity index (χ1n) is 6.08. The van der Waals surface area contributed by atoms with E-state index in [0.717, 1.165) is 22.5 Å². The molecule has 0 unspecified atom stereocenters. The van der Waals surface area contributed by atoms with Gasteiger partial charge in [0.2, 0.25) is 0 Å². The number of nitrogens with zero attached hydrogens (tertiary/aromatic N) is 1. The maximum absolute atomic E-state index is 11.9. The van der Waals surface area contributed by atoms with E-state index >= 15 is 0 Å². The minimum atomic E-state index is -0.926. The van der Waals surface area contributed by atoms with E-state index in [-0.39, 0.29) is 17.8 Å². The summed E-state index contributed by atoms with van der Waals surface area (Å²) in [6, 6.07) is 5.69. The Morgan fingerprint density at radius 2 is 2.20 bits per heavy atom. The van der Waals surface area contributed by atoms with Crippen LogP contribution in [0.1, 0.15) is 12.0 Å². The number of hydrogen-bond donors (Lipinski definition) is 1. The Labute approximate surface area is 120 Å². The Kier molecular flexibility index (Phi) is 4.24. The molecule has 20 heavy (non-hydrogen) atoms. The Morgan fingerprint density at radius 3 is 2.85 bits per heavy atom. The molecule has 6 heteroatoms. The molecular weight excluding hydrogens is 278 g/mol. The molecule has 0 bridgehead atoms. The number of benzene rings is 1. The average molecular weight is 293 g/mol. The monoisotopic (exact) mass is 293 g/mol. The molecule has 0 saturated heterocycles. The van der Waals surface area contributed by atoms with E-state index in [9.17, 15) is 9.59 Å². The van der Waals surface area contributed by atoms with Crippen LogP contribution in [0.5, 0.6) is 5.75 Å². The molecule has 0 aliphatic rings. The minimum absolute atomic E-state index is 0.0855. The third-order valence-electron chi connectivity index (χ3n) is 2.96. The number of aromatic nitrogens is 1. The molecule has 0 aliphatic heterocycles. The highest BCUT2D eigenvalue weighted by Crippen LogP contribution is 2.31. The summed E-state index contributed by atoms with van der Waals surface area (Å²) in [7, 11) is 1.57. The topological polar surface area (TPSA) is 68.5 Å². The lowest BCUT2D eigenvalue weighted by Crippen LogP contribution is -2.16. The van der Waals surface area contributed by atoms with Crippen molar-refractivity contribution in [1.82, 2.24) is 4.57 Å². The van der Waals surface area contributed by atoms with Gasteiger partial charge in [-0.1, -0.05) is 23.0 Å². The third-order valence-corrected chi connectivity index (χ3v) is 3.73. The molecule has 0 atom stereocenters. The van der Waals surface area contributed by atoms with E-state index in [4.69, 9.17) is 9.84 Å². The van der Waals surface area contributed by atoms with Gasteiger partial charge in [0.1, 0.15) is 5.75 Å². The number of thiazole rings is 1. The second-order valence-corrected chi connectivity index (χ2v) is 5.21. The van der Waals surface area contributed by atoms with Crippen molar-refractivity contribution < 1.29 is 14.6 Å². The van der Waals surface area contributed by atoms with E-state index in [1.54, 1.807) is 12.5 Å². The van der Waals surface area contributed by atoms with Crippen LogP contribution in [-0.4, -0.2) is 22.8 Å². The van der Waals surface area contributed by atoms with Gasteiger partial charge in [0.15, 0.2) is 0 Å². The summed E-state index contributed by atoms with van der Waals surface area (Å²) in [4.78, 5) is 22.4. The summed E-state index contributed by atoms with van der Waals surface area (Å²) < 4.78 is 6.80. The number of carboxylic acid groups (broad SMARTS) is 1. The van der Waals surface area contributed by atoms with E-state index in [1.165, 1.54) is 4.57 Å². The summed E-state index contributed by atoms with van der Waals surface area (Å²) in [5, 5.41) is 10.5. The highest BCUT2D eigenvalue weighted by Gasteiger charge is 2.14. The number of methoxy groups -OCH3 is 1. The zero-order valence-electron chi connectivity index (χ0n) is 11.3. The first-order valence-corrected chi connectivity index (χ1v) is 6.96. The smallest absolute Gasteiger partial charge is 0.307 e. The lowest BCUT2D eigenvalue weighted by atomic mass is 10.1. The first-order chi connectivity index (χ1) is 9.52.